The highest BCUT2D eigenvalue weighted by molar-refractivity contribution is 5.92. The number of carbonyl (C=O) groups excluding carboxylic acids is 1. The van der Waals surface area contributed by atoms with Crippen molar-refractivity contribution in [3.63, 3.8) is 0 Å². The lowest BCUT2D eigenvalue weighted by Gasteiger charge is -2.11. The van der Waals surface area contributed by atoms with Crippen LogP contribution in [0.4, 0.5) is 5.82 Å². The number of nitrogens with one attached hydrogen (secondary N) is 1. The minimum atomic E-state index is -0.107. The van der Waals surface area contributed by atoms with Gasteiger partial charge in [-0.2, -0.15) is 0 Å². The van der Waals surface area contributed by atoms with Crippen molar-refractivity contribution in [2.45, 2.75) is 13.5 Å². The number of hydrogen-bond acceptors (Lipinski definition) is 4. The Morgan fingerprint density at radius 1 is 1.21 bits per heavy atom. The fourth-order valence-corrected chi connectivity index (χ4v) is 2.55. The molecule has 0 fully saturated rings. The summed E-state index contributed by atoms with van der Waals surface area (Å²) in [6, 6.07) is 11.6. The van der Waals surface area contributed by atoms with Crippen molar-refractivity contribution in [1.29, 1.82) is 0 Å². The van der Waals surface area contributed by atoms with Crippen molar-refractivity contribution in [2.24, 2.45) is 7.05 Å². The number of anilines is 1. The van der Waals surface area contributed by atoms with Gasteiger partial charge in [0, 0.05) is 27.7 Å². The highest BCUT2D eigenvalue weighted by Gasteiger charge is 2.10. The van der Waals surface area contributed by atoms with Crippen LogP contribution in [0.2, 0.25) is 0 Å². The van der Waals surface area contributed by atoms with Crippen LogP contribution in [0, 0.1) is 6.92 Å². The number of hydrogen-bond donors (Lipinski definition) is 1. The van der Waals surface area contributed by atoms with Crippen molar-refractivity contribution >= 4 is 22.8 Å². The first-order valence-electron chi connectivity index (χ1n) is 7.80. The van der Waals surface area contributed by atoms with Gasteiger partial charge in [-0.25, -0.2) is 9.97 Å². The van der Waals surface area contributed by atoms with Crippen LogP contribution >= 0.6 is 0 Å². The Bertz CT molecular complexity index is 898. The van der Waals surface area contributed by atoms with Crippen molar-refractivity contribution in [2.75, 3.05) is 19.4 Å². The van der Waals surface area contributed by atoms with E-state index in [1.807, 2.05) is 26.1 Å². The Morgan fingerprint density at radius 2 is 2.00 bits per heavy atom. The second-order valence-electron chi connectivity index (χ2n) is 6.00. The van der Waals surface area contributed by atoms with Gasteiger partial charge in [0.2, 0.25) is 0 Å². The van der Waals surface area contributed by atoms with Gasteiger partial charge in [0.15, 0.2) is 0 Å². The van der Waals surface area contributed by atoms with E-state index in [1.54, 1.807) is 20.2 Å². The van der Waals surface area contributed by atoms with Crippen molar-refractivity contribution in [3.05, 3.63) is 53.5 Å². The third-order valence-electron chi connectivity index (χ3n) is 4.02. The van der Waals surface area contributed by atoms with Gasteiger partial charge in [-0.05, 0) is 36.8 Å². The zero-order chi connectivity index (χ0) is 17.3. The smallest absolute Gasteiger partial charge is 0.272 e. The molecular weight excluding hydrogens is 302 g/mol. The molecule has 6 heteroatoms. The monoisotopic (exact) mass is 323 g/mol. The predicted molar refractivity (Wildman–Crippen MR) is 95.0 cm³/mol. The summed E-state index contributed by atoms with van der Waals surface area (Å²) in [6.07, 6.45) is 0. The van der Waals surface area contributed by atoms with Crippen molar-refractivity contribution < 1.29 is 4.79 Å². The first kappa shape index (κ1) is 16.0. The number of benzene rings is 1. The Hall–Kier alpha value is -2.89. The predicted octanol–water partition coefficient (Wildman–Crippen LogP) is 2.59. The van der Waals surface area contributed by atoms with E-state index in [0.29, 0.717) is 18.1 Å². The van der Waals surface area contributed by atoms with Crippen LogP contribution < -0.4 is 5.32 Å². The van der Waals surface area contributed by atoms with Gasteiger partial charge in [0.1, 0.15) is 17.3 Å². The van der Waals surface area contributed by atoms with Crippen LogP contribution in [0.3, 0.4) is 0 Å². The lowest BCUT2D eigenvalue weighted by atomic mass is 10.2. The molecule has 0 aliphatic rings. The second kappa shape index (κ2) is 6.31. The SMILES string of the molecule is Cc1nc2cc(CNc3cccc(C(=O)N(C)C)n3)ccc2n1C. The van der Waals surface area contributed by atoms with E-state index >= 15 is 0 Å². The molecule has 0 saturated heterocycles. The molecule has 0 saturated carbocycles. The molecule has 124 valence electrons. The van der Waals surface area contributed by atoms with Gasteiger partial charge in [0.25, 0.3) is 5.91 Å². The third-order valence-corrected chi connectivity index (χ3v) is 4.02. The average Bonchev–Trinajstić information content (AvgIpc) is 2.86. The molecule has 2 aromatic heterocycles. The lowest BCUT2D eigenvalue weighted by Crippen LogP contribution is -2.23. The van der Waals surface area contributed by atoms with Crippen LogP contribution in [0.25, 0.3) is 11.0 Å². The zero-order valence-corrected chi connectivity index (χ0v) is 14.4. The third kappa shape index (κ3) is 3.08. The number of aromatic nitrogens is 3. The minimum absolute atomic E-state index is 0.107. The molecule has 1 amide bonds. The highest BCUT2D eigenvalue weighted by atomic mass is 16.2. The minimum Gasteiger partial charge on any atom is -0.366 e. The summed E-state index contributed by atoms with van der Waals surface area (Å²) in [5, 5.41) is 3.26. The maximum absolute atomic E-state index is 12.0. The molecule has 1 aromatic carbocycles. The van der Waals surface area contributed by atoms with E-state index in [9.17, 15) is 4.79 Å². The second-order valence-corrected chi connectivity index (χ2v) is 6.00. The number of aryl methyl sites for hydroxylation is 2. The summed E-state index contributed by atoms with van der Waals surface area (Å²) in [5.74, 6) is 1.57. The van der Waals surface area contributed by atoms with Gasteiger partial charge in [-0.15, -0.1) is 0 Å². The van der Waals surface area contributed by atoms with Gasteiger partial charge in [-0.3, -0.25) is 4.79 Å². The van der Waals surface area contributed by atoms with E-state index in [-0.39, 0.29) is 5.91 Å². The molecule has 0 unspecified atom stereocenters. The van der Waals surface area contributed by atoms with E-state index < -0.39 is 0 Å². The van der Waals surface area contributed by atoms with E-state index in [0.717, 1.165) is 22.4 Å². The number of rotatable bonds is 4. The zero-order valence-electron chi connectivity index (χ0n) is 14.4. The van der Waals surface area contributed by atoms with Gasteiger partial charge in [-0.1, -0.05) is 12.1 Å². The summed E-state index contributed by atoms with van der Waals surface area (Å²) in [4.78, 5) is 22.4. The summed E-state index contributed by atoms with van der Waals surface area (Å²) in [6.45, 7) is 2.62. The van der Waals surface area contributed by atoms with Crippen LogP contribution in [0.1, 0.15) is 21.9 Å². The van der Waals surface area contributed by atoms with E-state index in [4.69, 9.17) is 0 Å². The fourth-order valence-electron chi connectivity index (χ4n) is 2.55. The Morgan fingerprint density at radius 3 is 2.75 bits per heavy atom. The van der Waals surface area contributed by atoms with Crippen molar-refractivity contribution in [3.8, 4) is 0 Å². The normalized spacial score (nSPS) is 10.8. The molecule has 0 spiro atoms. The molecule has 1 N–H and O–H groups in total. The lowest BCUT2D eigenvalue weighted by molar-refractivity contribution is 0.0822. The largest absolute Gasteiger partial charge is 0.366 e. The molecule has 0 aliphatic heterocycles. The maximum Gasteiger partial charge on any atom is 0.272 e. The molecule has 3 aromatic rings. The standard InChI is InChI=1S/C18H21N5O/c1-12-20-15-10-13(8-9-16(15)23(12)4)11-19-17-7-5-6-14(21-17)18(24)22(2)3/h5-10H,11H2,1-4H3,(H,19,21). The maximum atomic E-state index is 12.0. The van der Waals surface area contributed by atoms with Crippen LogP contribution in [-0.2, 0) is 13.6 Å². The number of imidazole rings is 1. The number of nitrogens with zero attached hydrogens (tertiary/aromatic N) is 4. The molecule has 2 heterocycles. The summed E-state index contributed by atoms with van der Waals surface area (Å²) in [7, 11) is 5.45. The van der Waals surface area contributed by atoms with E-state index in [2.05, 4.69) is 38.1 Å². The molecule has 0 bridgehead atoms. The number of pyridine rings is 1. The summed E-state index contributed by atoms with van der Waals surface area (Å²) >= 11 is 0. The van der Waals surface area contributed by atoms with Gasteiger partial charge >= 0.3 is 0 Å². The van der Waals surface area contributed by atoms with Crippen LogP contribution in [-0.4, -0.2) is 39.4 Å². The molecular formula is C18H21N5O. The molecule has 0 atom stereocenters. The highest BCUT2D eigenvalue weighted by Crippen LogP contribution is 2.17. The average molecular weight is 323 g/mol. The van der Waals surface area contributed by atoms with Crippen LogP contribution in [0.5, 0.6) is 0 Å². The molecule has 3 rings (SSSR count). The Labute approximate surface area is 141 Å². The molecule has 6 nitrogen and oxygen atoms in total. The molecule has 0 aliphatic carbocycles. The summed E-state index contributed by atoms with van der Waals surface area (Å²) in [5.41, 5.74) is 3.65. The molecule has 24 heavy (non-hydrogen) atoms. The van der Waals surface area contributed by atoms with E-state index in [1.165, 1.54) is 4.90 Å². The fraction of sp³-hybridized carbons (Fsp3) is 0.278. The summed E-state index contributed by atoms with van der Waals surface area (Å²) < 4.78 is 2.07. The number of amides is 1. The quantitative estimate of drug-likeness (QED) is 0.801. The van der Waals surface area contributed by atoms with Gasteiger partial charge < -0.3 is 14.8 Å². The molecule has 0 radical (unpaired) electrons. The van der Waals surface area contributed by atoms with Gasteiger partial charge in [0.05, 0.1) is 11.0 Å². The Balaban J connectivity index is 1.76. The Kier molecular flexibility index (Phi) is 4.20. The van der Waals surface area contributed by atoms with Crippen LogP contribution in [0.15, 0.2) is 36.4 Å². The number of carbonyl (C=O) groups is 1. The van der Waals surface area contributed by atoms with Crippen molar-refractivity contribution in [1.82, 2.24) is 19.4 Å². The topological polar surface area (TPSA) is 63.1 Å². The first-order chi connectivity index (χ1) is 11.5. The number of fused-ring (bicyclic) bond motifs is 1. The first-order valence-corrected chi connectivity index (χ1v) is 7.80.